The predicted molar refractivity (Wildman–Crippen MR) is 93.9 cm³/mol. The summed E-state index contributed by atoms with van der Waals surface area (Å²) < 4.78 is 28.4. The third-order valence-electron chi connectivity index (χ3n) is 3.89. The van der Waals surface area contributed by atoms with Crippen molar-refractivity contribution in [2.24, 2.45) is 5.92 Å². The van der Waals surface area contributed by atoms with Crippen LogP contribution in [0.2, 0.25) is 0 Å². The lowest BCUT2D eigenvalue weighted by Crippen LogP contribution is -2.51. The van der Waals surface area contributed by atoms with Crippen molar-refractivity contribution < 1.29 is 13.2 Å². The van der Waals surface area contributed by atoms with Crippen LogP contribution >= 0.6 is 0 Å². The van der Waals surface area contributed by atoms with Gasteiger partial charge in [0.15, 0.2) is 0 Å². The number of hydrogen-bond acceptors (Lipinski definition) is 3. The lowest BCUT2D eigenvalue weighted by Gasteiger charge is -2.37. The van der Waals surface area contributed by atoms with Crippen LogP contribution in [-0.2, 0) is 16.8 Å². The zero-order chi connectivity index (χ0) is 17.3. The Morgan fingerprint density at radius 2 is 1.54 bits per heavy atom. The quantitative estimate of drug-likeness (QED) is 0.856. The Hall–Kier alpha value is -2.34. The molecule has 0 saturated carbocycles. The molecule has 126 valence electrons. The Labute approximate surface area is 142 Å². The van der Waals surface area contributed by atoms with Crippen LogP contribution in [0.4, 0.5) is 5.69 Å². The van der Waals surface area contributed by atoms with Gasteiger partial charge in [0.25, 0.3) is 5.91 Å². The zero-order valence-corrected chi connectivity index (χ0v) is 14.5. The molecule has 24 heavy (non-hydrogen) atoms. The number of carbonyl (C=O) groups excluding carboxylic acids is 1. The van der Waals surface area contributed by atoms with Gasteiger partial charge in [-0.25, -0.2) is 4.31 Å². The van der Waals surface area contributed by atoms with E-state index in [0.717, 1.165) is 9.87 Å². The maximum absolute atomic E-state index is 13.1. The average molecular weight is 344 g/mol. The van der Waals surface area contributed by atoms with Crippen molar-refractivity contribution in [3.05, 3.63) is 65.7 Å². The Bertz CT molecular complexity index is 848. The number of benzene rings is 2. The van der Waals surface area contributed by atoms with Crippen LogP contribution in [-0.4, -0.2) is 25.2 Å². The Balaban J connectivity index is 2.09. The number of amides is 1. The van der Waals surface area contributed by atoms with Gasteiger partial charge in [-0.2, -0.15) is 8.42 Å². The van der Waals surface area contributed by atoms with Gasteiger partial charge in [0.1, 0.15) is 0 Å². The fraction of sp³-hybridized carbons (Fsp3) is 0.278. The molecule has 3 rings (SSSR count). The molecule has 1 amide bonds. The van der Waals surface area contributed by atoms with E-state index in [1.54, 1.807) is 24.3 Å². The van der Waals surface area contributed by atoms with E-state index in [0.29, 0.717) is 17.8 Å². The lowest BCUT2D eigenvalue weighted by molar-refractivity contribution is 0.0850. The van der Waals surface area contributed by atoms with E-state index in [1.807, 2.05) is 44.2 Å². The first-order valence-corrected chi connectivity index (χ1v) is 9.28. The van der Waals surface area contributed by atoms with E-state index >= 15 is 0 Å². The molecule has 0 atom stereocenters. The molecule has 0 aromatic heterocycles. The van der Waals surface area contributed by atoms with Crippen molar-refractivity contribution in [1.82, 2.24) is 4.31 Å². The van der Waals surface area contributed by atoms with Gasteiger partial charge in [-0.15, -0.1) is 0 Å². The summed E-state index contributed by atoms with van der Waals surface area (Å²) in [6, 6.07) is 16.0. The van der Waals surface area contributed by atoms with E-state index in [-0.39, 0.29) is 12.5 Å². The van der Waals surface area contributed by atoms with Crippen molar-refractivity contribution in [2.45, 2.75) is 20.4 Å². The van der Waals surface area contributed by atoms with Gasteiger partial charge < -0.3 is 0 Å². The molecule has 0 N–H and O–H groups in total. The molecule has 1 heterocycles. The van der Waals surface area contributed by atoms with Crippen LogP contribution in [0.5, 0.6) is 0 Å². The van der Waals surface area contributed by atoms with Crippen molar-refractivity contribution in [1.29, 1.82) is 0 Å². The van der Waals surface area contributed by atoms with Crippen molar-refractivity contribution in [2.75, 3.05) is 10.8 Å². The maximum Gasteiger partial charge on any atom is 0.329 e. The predicted octanol–water partition coefficient (Wildman–Crippen LogP) is 3.05. The highest BCUT2D eigenvalue weighted by atomic mass is 32.2. The van der Waals surface area contributed by atoms with Crippen molar-refractivity contribution in [3.8, 4) is 0 Å². The summed E-state index contributed by atoms with van der Waals surface area (Å²) in [5, 5.41) is 0. The second kappa shape index (κ2) is 6.28. The molecule has 0 unspecified atom stereocenters. The molecule has 0 spiro atoms. The highest BCUT2D eigenvalue weighted by Gasteiger charge is 2.41. The second-order valence-electron chi connectivity index (χ2n) is 6.25. The van der Waals surface area contributed by atoms with Crippen LogP contribution in [0.1, 0.15) is 29.8 Å². The second-order valence-corrected chi connectivity index (χ2v) is 8.02. The van der Waals surface area contributed by atoms with Gasteiger partial charge in [-0.1, -0.05) is 56.3 Å². The normalized spacial score (nSPS) is 16.4. The summed E-state index contributed by atoms with van der Waals surface area (Å²) in [7, 11) is -3.90. The first-order chi connectivity index (χ1) is 11.4. The first kappa shape index (κ1) is 16.5. The highest BCUT2D eigenvalue weighted by molar-refractivity contribution is 7.91. The van der Waals surface area contributed by atoms with E-state index < -0.39 is 16.1 Å². The van der Waals surface area contributed by atoms with Gasteiger partial charge >= 0.3 is 10.2 Å². The molecule has 0 fully saturated rings. The minimum Gasteiger partial charge on any atom is -0.268 e. The smallest absolute Gasteiger partial charge is 0.268 e. The molecular weight excluding hydrogens is 324 g/mol. The van der Waals surface area contributed by atoms with Crippen molar-refractivity contribution in [3.63, 3.8) is 0 Å². The molecule has 2 aromatic carbocycles. The monoisotopic (exact) mass is 344 g/mol. The fourth-order valence-electron chi connectivity index (χ4n) is 2.78. The van der Waals surface area contributed by atoms with E-state index in [4.69, 9.17) is 0 Å². The topological polar surface area (TPSA) is 57.7 Å². The summed E-state index contributed by atoms with van der Waals surface area (Å²) in [6.45, 7) is 4.27. The third kappa shape index (κ3) is 2.89. The zero-order valence-electron chi connectivity index (χ0n) is 13.7. The van der Waals surface area contributed by atoms with Crippen LogP contribution in [0, 0.1) is 5.92 Å². The number of fused-ring (bicyclic) bond motifs is 1. The molecule has 5 nitrogen and oxygen atoms in total. The SMILES string of the molecule is CC(C)CN1c2ccccc2C(=O)N(Cc2ccccc2)S1(=O)=O. The van der Waals surface area contributed by atoms with Gasteiger partial charge in [0.2, 0.25) is 0 Å². The van der Waals surface area contributed by atoms with Crippen molar-refractivity contribution >= 4 is 21.8 Å². The molecule has 6 heteroatoms. The van der Waals surface area contributed by atoms with E-state index in [9.17, 15) is 13.2 Å². The number of rotatable bonds is 4. The third-order valence-corrected chi connectivity index (χ3v) is 5.64. The number of carbonyl (C=O) groups is 1. The maximum atomic E-state index is 13.1. The number of anilines is 1. The highest BCUT2D eigenvalue weighted by Crippen LogP contribution is 2.33. The molecule has 1 aliphatic heterocycles. The molecule has 2 aromatic rings. The van der Waals surface area contributed by atoms with Crippen LogP contribution in [0.3, 0.4) is 0 Å². The molecule has 0 radical (unpaired) electrons. The van der Waals surface area contributed by atoms with Crippen LogP contribution in [0.15, 0.2) is 54.6 Å². The minimum absolute atomic E-state index is 0.0327. The van der Waals surface area contributed by atoms with Gasteiger partial charge in [-0.3, -0.25) is 9.10 Å². The first-order valence-electron chi connectivity index (χ1n) is 7.89. The standard InChI is InChI=1S/C18H20N2O3S/c1-14(2)12-19-17-11-7-6-10-16(17)18(21)20(24(19,22)23)13-15-8-4-3-5-9-15/h3-11,14H,12-13H2,1-2H3. The summed E-state index contributed by atoms with van der Waals surface area (Å²) in [5.74, 6) is -0.339. The number of nitrogens with zero attached hydrogens (tertiary/aromatic N) is 2. The summed E-state index contributed by atoms with van der Waals surface area (Å²) >= 11 is 0. The Kier molecular flexibility index (Phi) is 4.32. The van der Waals surface area contributed by atoms with Gasteiger partial charge in [0, 0.05) is 6.54 Å². The largest absolute Gasteiger partial charge is 0.329 e. The van der Waals surface area contributed by atoms with Gasteiger partial charge in [0.05, 0.1) is 17.8 Å². The average Bonchev–Trinajstić information content (AvgIpc) is 2.56. The van der Waals surface area contributed by atoms with Crippen LogP contribution in [0.25, 0.3) is 0 Å². The van der Waals surface area contributed by atoms with Gasteiger partial charge in [-0.05, 0) is 23.6 Å². The number of hydrogen-bond donors (Lipinski definition) is 0. The lowest BCUT2D eigenvalue weighted by atomic mass is 10.1. The molecule has 0 saturated heterocycles. The molecule has 1 aliphatic rings. The minimum atomic E-state index is -3.90. The number of para-hydroxylation sites is 1. The van der Waals surface area contributed by atoms with E-state index in [2.05, 4.69) is 0 Å². The molecule has 0 aliphatic carbocycles. The Morgan fingerprint density at radius 1 is 0.917 bits per heavy atom. The summed E-state index contributed by atoms with van der Waals surface area (Å²) in [4.78, 5) is 12.8. The van der Waals surface area contributed by atoms with E-state index in [1.165, 1.54) is 4.31 Å². The van der Waals surface area contributed by atoms with Crippen LogP contribution < -0.4 is 4.31 Å². The summed E-state index contributed by atoms with van der Waals surface area (Å²) in [5.41, 5.74) is 1.66. The molecule has 0 bridgehead atoms. The summed E-state index contributed by atoms with van der Waals surface area (Å²) in [6.07, 6.45) is 0. The molecular formula is C18H20N2O3S. The fourth-order valence-corrected chi connectivity index (χ4v) is 4.53. The Morgan fingerprint density at radius 3 is 2.21 bits per heavy atom.